The smallest absolute Gasteiger partial charge is 0.0315 e. The van der Waals surface area contributed by atoms with Crippen molar-refractivity contribution in [2.45, 2.75) is 0 Å². The first-order valence-electron chi connectivity index (χ1n) is 6.80. The van der Waals surface area contributed by atoms with Crippen LogP contribution in [0.1, 0.15) is 0 Å². The predicted molar refractivity (Wildman–Crippen MR) is 97.0 cm³/mol. The minimum Gasteiger partial charge on any atom is -0.399 e. The van der Waals surface area contributed by atoms with Crippen LogP contribution in [-0.4, -0.2) is 0 Å². The fraction of sp³-hybridized carbons (Fsp3) is 0. The van der Waals surface area contributed by atoms with Crippen molar-refractivity contribution in [3.05, 3.63) is 84.9 Å². The van der Waals surface area contributed by atoms with Gasteiger partial charge in [0.25, 0.3) is 0 Å². The first-order valence-corrected chi connectivity index (χ1v) is 6.80. The van der Waals surface area contributed by atoms with Crippen molar-refractivity contribution in [3.8, 4) is 0 Å². The van der Waals surface area contributed by atoms with E-state index in [-0.39, 0.29) is 0 Å². The molecular weight excluding hydrogens is 272 g/mol. The SMILES string of the molecule is Nc1ccc(N)cc1.Nc1ccccc1.Nc1ccccc1. The molecule has 0 saturated carbocycles. The summed E-state index contributed by atoms with van der Waals surface area (Å²) in [7, 11) is 0. The second kappa shape index (κ2) is 9.72. The van der Waals surface area contributed by atoms with E-state index < -0.39 is 0 Å². The van der Waals surface area contributed by atoms with Crippen LogP contribution >= 0.6 is 0 Å². The highest BCUT2D eigenvalue weighted by atomic mass is 14.6. The number of benzene rings is 3. The number of rotatable bonds is 0. The minimum absolute atomic E-state index is 0.749. The van der Waals surface area contributed by atoms with Gasteiger partial charge in [-0.25, -0.2) is 0 Å². The van der Waals surface area contributed by atoms with Crippen LogP contribution in [0.4, 0.5) is 22.7 Å². The second-order valence-corrected chi connectivity index (χ2v) is 4.49. The highest BCUT2D eigenvalue weighted by Gasteiger charge is 1.80. The topological polar surface area (TPSA) is 104 Å². The van der Waals surface area contributed by atoms with E-state index in [0.717, 1.165) is 22.7 Å². The molecule has 0 saturated heterocycles. The lowest BCUT2D eigenvalue weighted by molar-refractivity contribution is 1.67. The summed E-state index contributed by atoms with van der Waals surface area (Å²) in [6.07, 6.45) is 0. The van der Waals surface area contributed by atoms with Gasteiger partial charge in [0, 0.05) is 22.7 Å². The van der Waals surface area contributed by atoms with E-state index in [2.05, 4.69) is 0 Å². The Morgan fingerprint density at radius 3 is 0.727 bits per heavy atom. The highest BCUT2D eigenvalue weighted by molar-refractivity contribution is 5.47. The second-order valence-electron chi connectivity index (χ2n) is 4.49. The molecule has 3 rings (SSSR count). The Kier molecular flexibility index (Phi) is 7.47. The van der Waals surface area contributed by atoms with E-state index in [4.69, 9.17) is 22.9 Å². The quantitative estimate of drug-likeness (QED) is 0.477. The molecule has 3 aromatic carbocycles. The summed E-state index contributed by atoms with van der Waals surface area (Å²) >= 11 is 0. The Bertz CT molecular complexity index is 564. The molecule has 0 aliphatic carbocycles. The van der Waals surface area contributed by atoms with Crippen molar-refractivity contribution < 1.29 is 0 Å². The Labute approximate surface area is 131 Å². The number of nitrogen functional groups attached to an aromatic ring is 4. The van der Waals surface area contributed by atoms with Crippen LogP contribution in [0.15, 0.2) is 84.9 Å². The zero-order valence-corrected chi connectivity index (χ0v) is 12.4. The van der Waals surface area contributed by atoms with Crippen LogP contribution in [0.5, 0.6) is 0 Å². The molecule has 0 aliphatic heterocycles. The monoisotopic (exact) mass is 294 g/mol. The lowest BCUT2D eigenvalue weighted by Crippen LogP contribution is -1.86. The zero-order valence-electron chi connectivity index (χ0n) is 12.4. The molecule has 0 atom stereocenters. The van der Waals surface area contributed by atoms with E-state index in [0.29, 0.717) is 0 Å². The normalized spacial score (nSPS) is 8.73. The van der Waals surface area contributed by atoms with Crippen LogP contribution in [0, 0.1) is 0 Å². The molecule has 114 valence electrons. The van der Waals surface area contributed by atoms with Gasteiger partial charge in [-0.3, -0.25) is 0 Å². The molecule has 0 amide bonds. The minimum atomic E-state index is 0.749. The first kappa shape index (κ1) is 16.9. The molecule has 0 radical (unpaired) electrons. The summed E-state index contributed by atoms with van der Waals surface area (Å²) in [6.45, 7) is 0. The van der Waals surface area contributed by atoms with Gasteiger partial charge in [0.1, 0.15) is 0 Å². The van der Waals surface area contributed by atoms with E-state index in [9.17, 15) is 0 Å². The van der Waals surface area contributed by atoms with Crippen LogP contribution < -0.4 is 22.9 Å². The number of para-hydroxylation sites is 2. The molecular formula is C18H22N4. The molecule has 22 heavy (non-hydrogen) atoms. The van der Waals surface area contributed by atoms with Gasteiger partial charge in [0.15, 0.2) is 0 Å². The first-order chi connectivity index (χ1) is 10.6. The van der Waals surface area contributed by atoms with E-state index in [1.165, 1.54) is 0 Å². The average Bonchev–Trinajstić information content (AvgIpc) is 2.53. The molecule has 8 N–H and O–H groups in total. The van der Waals surface area contributed by atoms with Gasteiger partial charge < -0.3 is 22.9 Å². The van der Waals surface area contributed by atoms with Gasteiger partial charge in [-0.2, -0.15) is 0 Å². The maximum Gasteiger partial charge on any atom is 0.0315 e. The number of hydrogen-bond donors (Lipinski definition) is 4. The Hall–Kier alpha value is -3.14. The average molecular weight is 294 g/mol. The lowest BCUT2D eigenvalue weighted by Gasteiger charge is -1.90. The summed E-state index contributed by atoms with van der Waals surface area (Å²) in [5, 5.41) is 0. The zero-order chi connectivity index (χ0) is 16.2. The maximum atomic E-state index is 5.37. The van der Waals surface area contributed by atoms with Gasteiger partial charge >= 0.3 is 0 Å². The summed E-state index contributed by atoms with van der Waals surface area (Å²) in [5.41, 5.74) is 24.6. The molecule has 4 nitrogen and oxygen atoms in total. The van der Waals surface area contributed by atoms with E-state index >= 15 is 0 Å². The number of nitrogens with two attached hydrogens (primary N) is 4. The Morgan fingerprint density at radius 2 is 0.545 bits per heavy atom. The fourth-order valence-electron chi connectivity index (χ4n) is 1.40. The van der Waals surface area contributed by atoms with Crippen LogP contribution in [-0.2, 0) is 0 Å². The van der Waals surface area contributed by atoms with Crippen molar-refractivity contribution >= 4 is 22.7 Å². The number of anilines is 4. The predicted octanol–water partition coefficient (Wildman–Crippen LogP) is 3.39. The third-order valence-corrected chi connectivity index (χ3v) is 2.54. The van der Waals surface area contributed by atoms with Crippen LogP contribution in [0.2, 0.25) is 0 Å². The summed E-state index contributed by atoms with van der Waals surface area (Å²) in [6, 6.07) is 26.1. The molecule has 0 bridgehead atoms. The van der Waals surface area contributed by atoms with Crippen molar-refractivity contribution in [1.29, 1.82) is 0 Å². The van der Waals surface area contributed by atoms with Gasteiger partial charge in [-0.05, 0) is 48.5 Å². The van der Waals surface area contributed by atoms with E-state index in [1.54, 1.807) is 24.3 Å². The van der Waals surface area contributed by atoms with Crippen LogP contribution in [0.25, 0.3) is 0 Å². The highest BCUT2D eigenvalue weighted by Crippen LogP contribution is 2.04. The van der Waals surface area contributed by atoms with Gasteiger partial charge in [0.05, 0.1) is 0 Å². The molecule has 0 fully saturated rings. The summed E-state index contributed by atoms with van der Waals surface area (Å²) in [4.78, 5) is 0. The molecule has 4 heteroatoms. The van der Waals surface area contributed by atoms with Crippen molar-refractivity contribution in [2.24, 2.45) is 0 Å². The third-order valence-electron chi connectivity index (χ3n) is 2.54. The van der Waals surface area contributed by atoms with Gasteiger partial charge in [-0.15, -0.1) is 0 Å². The van der Waals surface area contributed by atoms with Gasteiger partial charge in [-0.1, -0.05) is 36.4 Å². The molecule has 0 aromatic heterocycles. The van der Waals surface area contributed by atoms with Gasteiger partial charge in [0.2, 0.25) is 0 Å². The van der Waals surface area contributed by atoms with Crippen molar-refractivity contribution in [1.82, 2.24) is 0 Å². The summed E-state index contributed by atoms with van der Waals surface area (Å²) in [5.74, 6) is 0. The molecule has 0 aliphatic rings. The third kappa shape index (κ3) is 8.12. The Morgan fingerprint density at radius 1 is 0.318 bits per heavy atom. The van der Waals surface area contributed by atoms with Crippen LogP contribution in [0.3, 0.4) is 0 Å². The summed E-state index contributed by atoms with van der Waals surface area (Å²) < 4.78 is 0. The largest absolute Gasteiger partial charge is 0.399 e. The molecule has 0 heterocycles. The Balaban J connectivity index is 0.000000166. The molecule has 0 spiro atoms. The maximum absolute atomic E-state index is 5.37. The van der Waals surface area contributed by atoms with Crippen molar-refractivity contribution in [3.63, 3.8) is 0 Å². The molecule has 0 unspecified atom stereocenters. The lowest BCUT2D eigenvalue weighted by atomic mass is 10.3. The molecule has 3 aromatic rings. The standard InChI is InChI=1S/C6H8N2.2C6H7N/c7-5-1-2-6(8)4-3-5;2*7-6-4-2-1-3-5-6/h1-4H,7-8H2;2*1-5H,7H2. The van der Waals surface area contributed by atoms with Crippen molar-refractivity contribution in [2.75, 3.05) is 22.9 Å². The number of hydrogen-bond acceptors (Lipinski definition) is 4. The fourth-order valence-corrected chi connectivity index (χ4v) is 1.40. The van der Waals surface area contributed by atoms with E-state index in [1.807, 2.05) is 60.7 Å².